The van der Waals surface area contributed by atoms with Crippen LogP contribution in [0.25, 0.3) is 0 Å². The van der Waals surface area contributed by atoms with Gasteiger partial charge in [-0.25, -0.2) is 13.1 Å². The monoisotopic (exact) mass is 316 g/mol. The van der Waals surface area contributed by atoms with Crippen LogP contribution in [-0.4, -0.2) is 25.1 Å². The van der Waals surface area contributed by atoms with E-state index in [2.05, 4.69) is 14.9 Å². The fourth-order valence-corrected chi connectivity index (χ4v) is 3.32. The van der Waals surface area contributed by atoms with Gasteiger partial charge in [-0.3, -0.25) is 0 Å². The van der Waals surface area contributed by atoms with E-state index in [0.717, 1.165) is 0 Å². The molecule has 0 spiro atoms. The molecule has 2 aromatic rings. The van der Waals surface area contributed by atoms with Crippen LogP contribution in [0.4, 0.5) is 5.69 Å². The highest BCUT2D eigenvalue weighted by molar-refractivity contribution is 7.89. The van der Waals surface area contributed by atoms with Crippen molar-refractivity contribution in [3.8, 4) is 0 Å². The number of nitrogens with one attached hydrogen (secondary N) is 1. The van der Waals surface area contributed by atoms with Gasteiger partial charge in [0.2, 0.25) is 15.9 Å². The maximum atomic E-state index is 12.1. The number of hydrogen-bond acceptors (Lipinski definition) is 6. The molecule has 0 amide bonds. The van der Waals surface area contributed by atoms with Crippen molar-refractivity contribution in [3.05, 3.63) is 34.9 Å². The first-order valence-electron chi connectivity index (χ1n) is 5.73. The highest BCUT2D eigenvalue weighted by atomic mass is 35.5. The molecule has 0 saturated heterocycles. The molecule has 0 aliphatic heterocycles. The van der Waals surface area contributed by atoms with Crippen molar-refractivity contribution in [2.75, 3.05) is 12.3 Å². The molecular weight excluding hydrogens is 304 g/mol. The zero-order valence-electron chi connectivity index (χ0n) is 10.6. The zero-order valence-corrected chi connectivity index (χ0v) is 12.2. The average molecular weight is 317 g/mol. The summed E-state index contributed by atoms with van der Waals surface area (Å²) in [6.07, 6.45) is 0.282. The molecule has 2 rings (SSSR count). The third-order valence-electron chi connectivity index (χ3n) is 2.47. The summed E-state index contributed by atoms with van der Waals surface area (Å²) in [5, 5.41) is 3.69. The molecular formula is C11H13ClN4O3S. The van der Waals surface area contributed by atoms with Crippen molar-refractivity contribution in [3.63, 3.8) is 0 Å². The van der Waals surface area contributed by atoms with Gasteiger partial charge in [-0.1, -0.05) is 22.8 Å². The minimum absolute atomic E-state index is 0.0751. The van der Waals surface area contributed by atoms with E-state index < -0.39 is 10.0 Å². The standard InChI is InChI=1S/C11H13ClN4O3S/c1-7-15-10(19-16-7)5-6-14-20(17,18)11-8(12)3-2-4-9(11)13/h2-4,14H,5-6,13H2,1H3. The van der Waals surface area contributed by atoms with Crippen LogP contribution in [0.2, 0.25) is 5.02 Å². The van der Waals surface area contributed by atoms with Gasteiger partial charge in [-0.15, -0.1) is 0 Å². The number of aryl methyl sites for hydroxylation is 1. The van der Waals surface area contributed by atoms with Gasteiger partial charge in [0.1, 0.15) is 4.90 Å². The summed E-state index contributed by atoms with van der Waals surface area (Å²) in [5.74, 6) is 0.857. The summed E-state index contributed by atoms with van der Waals surface area (Å²) >= 11 is 5.87. The Bertz CT molecular complexity index is 694. The predicted molar refractivity (Wildman–Crippen MR) is 73.8 cm³/mol. The van der Waals surface area contributed by atoms with Crippen LogP contribution in [-0.2, 0) is 16.4 Å². The maximum absolute atomic E-state index is 12.1. The van der Waals surface area contributed by atoms with E-state index in [0.29, 0.717) is 11.7 Å². The molecule has 1 heterocycles. The van der Waals surface area contributed by atoms with E-state index in [1.54, 1.807) is 13.0 Å². The van der Waals surface area contributed by atoms with Crippen LogP contribution in [0.5, 0.6) is 0 Å². The SMILES string of the molecule is Cc1noc(CCNS(=O)(=O)c2c(N)cccc2Cl)n1. The Hall–Kier alpha value is -1.64. The molecule has 0 unspecified atom stereocenters. The second-order valence-electron chi connectivity index (χ2n) is 4.04. The van der Waals surface area contributed by atoms with Gasteiger partial charge in [0.25, 0.3) is 0 Å². The summed E-state index contributed by atoms with van der Waals surface area (Å²) in [4.78, 5) is 3.85. The van der Waals surface area contributed by atoms with Crippen LogP contribution >= 0.6 is 11.6 Å². The smallest absolute Gasteiger partial charge is 0.244 e. The molecule has 0 radical (unpaired) electrons. The number of aromatic nitrogens is 2. The number of hydrogen-bond donors (Lipinski definition) is 2. The van der Waals surface area contributed by atoms with Crippen LogP contribution in [0, 0.1) is 6.92 Å². The molecule has 0 aliphatic rings. The van der Waals surface area contributed by atoms with Crippen LogP contribution in [0.1, 0.15) is 11.7 Å². The van der Waals surface area contributed by atoms with Gasteiger partial charge in [-0.2, -0.15) is 4.98 Å². The summed E-state index contributed by atoms with van der Waals surface area (Å²) in [6, 6.07) is 4.52. The van der Waals surface area contributed by atoms with Crippen LogP contribution in [0.3, 0.4) is 0 Å². The minimum Gasteiger partial charge on any atom is -0.398 e. The van der Waals surface area contributed by atoms with Gasteiger partial charge >= 0.3 is 0 Å². The lowest BCUT2D eigenvalue weighted by atomic mass is 10.3. The second-order valence-corrected chi connectivity index (χ2v) is 6.15. The van der Waals surface area contributed by atoms with Crippen molar-refractivity contribution in [1.29, 1.82) is 0 Å². The lowest BCUT2D eigenvalue weighted by molar-refractivity contribution is 0.375. The fourth-order valence-electron chi connectivity index (χ4n) is 1.62. The van der Waals surface area contributed by atoms with Crippen molar-refractivity contribution in [2.45, 2.75) is 18.2 Å². The van der Waals surface area contributed by atoms with Crippen molar-refractivity contribution in [2.24, 2.45) is 0 Å². The summed E-state index contributed by atoms with van der Waals surface area (Å²) < 4.78 is 31.5. The third kappa shape index (κ3) is 3.27. The highest BCUT2D eigenvalue weighted by Gasteiger charge is 2.20. The molecule has 1 aromatic carbocycles. The van der Waals surface area contributed by atoms with E-state index in [4.69, 9.17) is 21.9 Å². The molecule has 0 aliphatic carbocycles. The van der Waals surface area contributed by atoms with Gasteiger partial charge in [0.15, 0.2) is 5.82 Å². The van der Waals surface area contributed by atoms with E-state index in [1.165, 1.54) is 12.1 Å². The quantitative estimate of drug-likeness (QED) is 0.800. The molecule has 0 bridgehead atoms. The number of nitrogens with two attached hydrogens (primary N) is 1. The fraction of sp³-hybridized carbons (Fsp3) is 0.273. The summed E-state index contributed by atoms with van der Waals surface area (Å²) in [5.41, 5.74) is 5.75. The topological polar surface area (TPSA) is 111 Å². The lowest BCUT2D eigenvalue weighted by Crippen LogP contribution is -2.27. The van der Waals surface area contributed by atoms with E-state index in [1.807, 2.05) is 0 Å². The second kappa shape index (κ2) is 5.78. The molecule has 108 valence electrons. The predicted octanol–water partition coefficient (Wildman–Crippen LogP) is 1.13. The lowest BCUT2D eigenvalue weighted by Gasteiger charge is -2.09. The van der Waals surface area contributed by atoms with Crippen LogP contribution in [0.15, 0.2) is 27.6 Å². The van der Waals surface area contributed by atoms with Gasteiger partial charge < -0.3 is 10.3 Å². The number of nitrogen functional groups attached to an aromatic ring is 1. The molecule has 0 atom stereocenters. The number of benzene rings is 1. The normalized spacial score (nSPS) is 11.7. The average Bonchev–Trinajstić information content (AvgIpc) is 2.74. The van der Waals surface area contributed by atoms with Crippen molar-refractivity contribution in [1.82, 2.24) is 14.9 Å². The number of sulfonamides is 1. The molecule has 9 heteroatoms. The maximum Gasteiger partial charge on any atom is 0.244 e. The Morgan fingerprint density at radius 2 is 2.20 bits per heavy atom. The highest BCUT2D eigenvalue weighted by Crippen LogP contribution is 2.26. The van der Waals surface area contributed by atoms with E-state index in [9.17, 15) is 8.42 Å². The van der Waals surface area contributed by atoms with Gasteiger partial charge in [-0.05, 0) is 19.1 Å². The van der Waals surface area contributed by atoms with Crippen molar-refractivity contribution < 1.29 is 12.9 Å². The molecule has 7 nitrogen and oxygen atoms in total. The Morgan fingerprint density at radius 1 is 1.45 bits per heavy atom. The van der Waals surface area contributed by atoms with E-state index >= 15 is 0 Å². The first-order valence-corrected chi connectivity index (χ1v) is 7.59. The third-order valence-corrected chi connectivity index (χ3v) is 4.47. The number of rotatable bonds is 5. The van der Waals surface area contributed by atoms with E-state index in [-0.39, 0.29) is 28.6 Å². The molecule has 0 fully saturated rings. The molecule has 3 N–H and O–H groups in total. The zero-order chi connectivity index (χ0) is 14.8. The minimum atomic E-state index is -3.78. The molecule has 20 heavy (non-hydrogen) atoms. The van der Waals surface area contributed by atoms with Crippen LogP contribution < -0.4 is 10.5 Å². The molecule has 1 aromatic heterocycles. The van der Waals surface area contributed by atoms with Gasteiger partial charge in [0.05, 0.1) is 10.7 Å². The number of halogens is 1. The summed E-state index contributed by atoms with van der Waals surface area (Å²) in [7, 11) is -3.78. The largest absolute Gasteiger partial charge is 0.398 e. The Kier molecular flexibility index (Phi) is 4.26. The number of anilines is 1. The van der Waals surface area contributed by atoms with Crippen molar-refractivity contribution >= 4 is 27.3 Å². The first kappa shape index (κ1) is 14.8. The summed E-state index contributed by atoms with van der Waals surface area (Å²) in [6.45, 7) is 1.79. The first-order chi connectivity index (χ1) is 9.40. The Labute approximate surface area is 121 Å². The number of nitrogens with zero attached hydrogens (tertiary/aromatic N) is 2. The Morgan fingerprint density at radius 3 is 2.80 bits per heavy atom. The Balaban J connectivity index is 2.08. The van der Waals surface area contributed by atoms with Gasteiger partial charge in [0, 0.05) is 13.0 Å². The molecule has 0 saturated carbocycles.